The van der Waals surface area contributed by atoms with E-state index < -0.39 is 0 Å². The van der Waals surface area contributed by atoms with Gasteiger partial charge in [-0.2, -0.15) is 16.9 Å². The molecule has 0 saturated carbocycles. The monoisotopic (exact) mass is 323 g/mol. The normalized spacial score (nSPS) is 10.9. The van der Waals surface area contributed by atoms with Crippen LogP contribution in [0.2, 0.25) is 5.02 Å². The fourth-order valence-corrected chi connectivity index (χ4v) is 2.55. The highest BCUT2D eigenvalue weighted by Crippen LogP contribution is 2.13. The van der Waals surface area contributed by atoms with Crippen LogP contribution in [0.1, 0.15) is 24.3 Å². The Hall–Kier alpha value is -1.46. The summed E-state index contributed by atoms with van der Waals surface area (Å²) in [5.41, 5.74) is 1.29. The number of aromatic nitrogens is 2. The summed E-state index contributed by atoms with van der Waals surface area (Å²) < 4.78 is 1.66. The molecule has 0 aliphatic carbocycles. The lowest BCUT2D eigenvalue weighted by Gasteiger charge is -2.05. The molecule has 2 rings (SSSR count). The van der Waals surface area contributed by atoms with E-state index in [9.17, 15) is 4.79 Å². The third kappa shape index (κ3) is 4.79. The SMILES string of the molecule is CC(C)SCCNC(=O)c1ccn(-c2ccc(Cl)cc2)n1. The van der Waals surface area contributed by atoms with Crippen molar-refractivity contribution in [3.05, 3.63) is 47.2 Å². The second-order valence-corrected chi connectivity index (χ2v) is 6.92. The van der Waals surface area contributed by atoms with Crippen molar-refractivity contribution in [1.82, 2.24) is 15.1 Å². The Bertz CT molecular complexity index is 595. The highest BCUT2D eigenvalue weighted by molar-refractivity contribution is 7.99. The van der Waals surface area contributed by atoms with E-state index in [1.807, 2.05) is 23.9 Å². The first-order chi connectivity index (χ1) is 10.1. The standard InChI is InChI=1S/C15H18ClN3OS/c1-11(2)21-10-8-17-15(20)14-7-9-19(18-14)13-5-3-12(16)4-6-13/h3-7,9,11H,8,10H2,1-2H3,(H,17,20). The van der Waals surface area contributed by atoms with E-state index in [1.54, 1.807) is 29.1 Å². The molecule has 1 aromatic carbocycles. The molecular weight excluding hydrogens is 306 g/mol. The van der Waals surface area contributed by atoms with Gasteiger partial charge in [0, 0.05) is 23.5 Å². The van der Waals surface area contributed by atoms with Crippen LogP contribution in [-0.2, 0) is 0 Å². The molecule has 1 N–H and O–H groups in total. The number of thioether (sulfide) groups is 1. The Morgan fingerprint density at radius 1 is 1.33 bits per heavy atom. The van der Waals surface area contributed by atoms with Gasteiger partial charge in [0.1, 0.15) is 0 Å². The van der Waals surface area contributed by atoms with E-state index in [0.717, 1.165) is 11.4 Å². The Labute approximate surface area is 133 Å². The van der Waals surface area contributed by atoms with Gasteiger partial charge in [-0.3, -0.25) is 4.79 Å². The fourth-order valence-electron chi connectivity index (χ4n) is 1.73. The molecule has 4 nitrogen and oxygen atoms in total. The van der Waals surface area contributed by atoms with E-state index in [4.69, 9.17) is 11.6 Å². The lowest BCUT2D eigenvalue weighted by Crippen LogP contribution is -2.26. The van der Waals surface area contributed by atoms with E-state index in [0.29, 0.717) is 22.5 Å². The van der Waals surface area contributed by atoms with Crippen LogP contribution in [0.5, 0.6) is 0 Å². The Kier molecular flexibility index (Phi) is 5.70. The van der Waals surface area contributed by atoms with Crippen molar-refractivity contribution in [2.75, 3.05) is 12.3 Å². The number of benzene rings is 1. The van der Waals surface area contributed by atoms with Crippen molar-refractivity contribution in [2.24, 2.45) is 0 Å². The summed E-state index contributed by atoms with van der Waals surface area (Å²) in [4.78, 5) is 12.0. The smallest absolute Gasteiger partial charge is 0.271 e. The number of nitrogens with zero attached hydrogens (tertiary/aromatic N) is 2. The van der Waals surface area contributed by atoms with Crippen molar-refractivity contribution in [3.63, 3.8) is 0 Å². The predicted molar refractivity (Wildman–Crippen MR) is 88.5 cm³/mol. The Morgan fingerprint density at radius 3 is 2.71 bits per heavy atom. The minimum absolute atomic E-state index is 0.146. The number of rotatable bonds is 6. The Balaban J connectivity index is 1.93. The summed E-state index contributed by atoms with van der Waals surface area (Å²) in [6.45, 7) is 4.93. The third-order valence-corrected chi connectivity index (χ3v) is 4.11. The molecule has 2 aromatic rings. The van der Waals surface area contributed by atoms with Crippen LogP contribution >= 0.6 is 23.4 Å². The van der Waals surface area contributed by atoms with E-state index in [2.05, 4.69) is 24.3 Å². The summed E-state index contributed by atoms with van der Waals surface area (Å²) in [7, 11) is 0. The number of nitrogens with one attached hydrogen (secondary N) is 1. The van der Waals surface area contributed by atoms with Crippen molar-refractivity contribution < 1.29 is 4.79 Å². The molecule has 21 heavy (non-hydrogen) atoms. The maximum atomic E-state index is 12.0. The fraction of sp³-hybridized carbons (Fsp3) is 0.333. The highest BCUT2D eigenvalue weighted by atomic mass is 35.5. The number of carbonyl (C=O) groups excluding carboxylic acids is 1. The van der Waals surface area contributed by atoms with Crippen LogP contribution in [0.4, 0.5) is 0 Å². The van der Waals surface area contributed by atoms with Crippen LogP contribution in [0, 0.1) is 0 Å². The molecule has 0 radical (unpaired) electrons. The average molecular weight is 324 g/mol. The minimum Gasteiger partial charge on any atom is -0.350 e. The van der Waals surface area contributed by atoms with E-state index >= 15 is 0 Å². The lowest BCUT2D eigenvalue weighted by atomic mass is 10.3. The zero-order chi connectivity index (χ0) is 15.2. The van der Waals surface area contributed by atoms with Gasteiger partial charge in [0.25, 0.3) is 5.91 Å². The van der Waals surface area contributed by atoms with Gasteiger partial charge in [-0.05, 0) is 35.6 Å². The summed E-state index contributed by atoms with van der Waals surface area (Å²) in [6, 6.07) is 9.01. The number of hydrogen-bond donors (Lipinski definition) is 1. The molecule has 0 unspecified atom stereocenters. The zero-order valence-corrected chi connectivity index (χ0v) is 13.6. The molecule has 6 heteroatoms. The first-order valence-electron chi connectivity index (χ1n) is 6.77. The molecule has 0 saturated heterocycles. The maximum Gasteiger partial charge on any atom is 0.271 e. The average Bonchev–Trinajstić information content (AvgIpc) is 2.94. The molecule has 0 spiro atoms. The van der Waals surface area contributed by atoms with Crippen LogP contribution in [0.25, 0.3) is 5.69 Å². The van der Waals surface area contributed by atoms with Crippen molar-refractivity contribution >= 4 is 29.3 Å². The molecule has 0 fully saturated rings. The quantitative estimate of drug-likeness (QED) is 0.829. The summed E-state index contributed by atoms with van der Waals surface area (Å²) in [5.74, 6) is 0.758. The van der Waals surface area contributed by atoms with Crippen molar-refractivity contribution in [3.8, 4) is 5.69 Å². The second-order valence-electron chi connectivity index (χ2n) is 4.80. The summed E-state index contributed by atoms with van der Waals surface area (Å²) in [5, 5.41) is 8.40. The largest absolute Gasteiger partial charge is 0.350 e. The molecule has 0 aliphatic heterocycles. The first-order valence-corrected chi connectivity index (χ1v) is 8.20. The van der Waals surface area contributed by atoms with Gasteiger partial charge in [-0.15, -0.1) is 0 Å². The van der Waals surface area contributed by atoms with Gasteiger partial charge < -0.3 is 5.32 Å². The molecule has 1 aromatic heterocycles. The molecule has 0 bridgehead atoms. The molecule has 0 atom stereocenters. The van der Waals surface area contributed by atoms with Crippen LogP contribution in [0.3, 0.4) is 0 Å². The summed E-state index contributed by atoms with van der Waals surface area (Å²) >= 11 is 7.67. The van der Waals surface area contributed by atoms with Crippen LogP contribution < -0.4 is 5.32 Å². The summed E-state index contributed by atoms with van der Waals surface area (Å²) in [6.07, 6.45) is 1.76. The minimum atomic E-state index is -0.146. The van der Waals surface area contributed by atoms with E-state index in [-0.39, 0.29) is 5.91 Å². The highest BCUT2D eigenvalue weighted by Gasteiger charge is 2.09. The van der Waals surface area contributed by atoms with Crippen LogP contribution in [-0.4, -0.2) is 33.2 Å². The first kappa shape index (κ1) is 15.9. The van der Waals surface area contributed by atoms with Gasteiger partial charge in [0.2, 0.25) is 0 Å². The number of hydrogen-bond acceptors (Lipinski definition) is 3. The van der Waals surface area contributed by atoms with Gasteiger partial charge >= 0.3 is 0 Å². The molecule has 1 heterocycles. The maximum absolute atomic E-state index is 12.0. The van der Waals surface area contributed by atoms with Crippen molar-refractivity contribution in [2.45, 2.75) is 19.1 Å². The zero-order valence-electron chi connectivity index (χ0n) is 12.0. The van der Waals surface area contributed by atoms with Crippen molar-refractivity contribution in [1.29, 1.82) is 0 Å². The third-order valence-electron chi connectivity index (χ3n) is 2.75. The Morgan fingerprint density at radius 2 is 2.05 bits per heavy atom. The second kappa shape index (κ2) is 7.52. The van der Waals surface area contributed by atoms with Gasteiger partial charge in [0.15, 0.2) is 5.69 Å². The van der Waals surface area contributed by atoms with Gasteiger partial charge in [-0.25, -0.2) is 4.68 Å². The number of carbonyl (C=O) groups is 1. The number of amides is 1. The topological polar surface area (TPSA) is 46.9 Å². The van der Waals surface area contributed by atoms with E-state index in [1.165, 1.54) is 0 Å². The molecular formula is C15H18ClN3OS. The lowest BCUT2D eigenvalue weighted by molar-refractivity contribution is 0.0951. The molecule has 0 aliphatic rings. The van der Waals surface area contributed by atoms with Gasteiger partial charge in [0.05, 0.1) is 5.69 Å². The van der Waals surface area contributed by atoms with Crippen LogP contribution in [0.15, 0.2) is 36.5 Å². The van der Waals surface area contributed by atoms with Gasteiger partial charge in [-0.1, -0.05) is 25.4 Å². The number of halogens is 1. The predicted octanol–water partition coefficient (Wildman–Crippen LogP) is 3.40. The molecule has 1 amide bonds. The molecule has 112 valence electrons.